The SMILES string of the molecule is CC1(C)OC2[C@@H](CO)O[C@@H](n3cnc4c(NCCCCN)ncnc43)[C@H]2O1. The molecule has 2 aliphatic heterocycles. The first-order valence-electron chi connectivity index (χ1n) is 9.27. The van der Waals surface area contributed by atoms with E-state index >= 15 is 0 Å². The fourth-order valence-electron chi connectivity index (χ4n) is 3.67. The summed E-state index contributed by atoms with van der Waals surface area (Å²) in [5.74, 6) is -0.0563. The number of aliphatic hydroxyl groups is 1. The Morgan fingerprint density at radius 1 is 1.22 bits per heavy atom. The summed E-state index contributed by atoms with van der Waals surface area (Å²) in [5.41, 5.74) is 6.84. The number of rotatable bonds is 7. The molecule has 1 unspecified atom stereocenters. The number of aromatic nitrogens is 4. The lowest BCUT2D eigenvalue weighted by molar-refractivity contribution is -0.199. The van der Waals surface area contributed by atoms with Crippen LogP contribution in [0.4, 0.5) is 5.82 Å². The van der Waals surface area contributed by atoms with Crippen LogP contribution < -0.4 is 11.1 Å². The second kappa shape index (κ2) is 7.28. The lowest BCUT2D eigenvalue weighted by atomic mass is 10.1. The minimum Gasteiger partial charge on any atom is -0.394 e. The van der Waals surface area contributed by atoms with Gasteiger partial charge in [-0.3, -0.25) is 4.57 Å². The van der Waals surface area contributed by atoms with Gasteiger partial charge in [0.2, 0.25) is 0 Å². The normalized spacial score (nSPS) is 29.3. The number of hydrogen-bond donors (Lipinski definition) is 3. The van der Waals surface area contributed by atoms with Crippen molar-refractivity contribution >= 4 is 17.0 Å². The van der Waals surface area contributed by atoms with Gasteiger partial charge >= 0.3 is 0 Å². The van der Waals surface area contributed by atoms with E-state index < -0.39 is 18.1 Å². The van der Waals surface area contributed by atoms with Gasteiger partial charge in [0.15, 0.2) is 29.0 Å². The molecule has 0 saturated carbocycles. The minimum atomic E-state index is -0.730. The predicted molar refractivity (Wildman–Crippen MR) is 96.9 cm³/mol. The van der Waals surface area contributed by atoms with E-state index in [2.05, 4.69) is 20.3 Å². The van der Waals surface area contributed by atoms with Crippen LogP contribution in [0.3, 0.4) is 0 Å². The minimum absolute atomic E-state index is 0.146. The Bertz CT molecular complexity index is 797. The van der Waals surface area contributed by atoms with Gasteiger partial charge in [-0.05, 0) is 33.2 Å². The second-order valence-corrected chi connectivity index (χ2v) is 7.28. The number of aliphatic hydroxyl groups excluding tert-OH is 1. The fourth-order valence-corrected chi connectivity index (χ4v) is 3.67. The molecule has 0 aliphatic carbocycles. The zero-order valence-electron chi connectivity index (χ0n) is 15.5. The van der Waals surface area contributed by atoms with Crippen LogP contribution in [-0.2, 0) is 14.2 Å². The van der Waals surface area contributed by atoms with Crippen molar-refractivity contribution in [1.29, 1.82) is 0 Å². The van der Waals surface area contributed by atoms with E-state index in [4.69, 9.17) is 19.9 Å². The average Bonchev–Trinajstić information content (AvgIpc) is 3.29. The van der Waals surface area contributed by atoms with Crippen molar-refractivity contribution in [2.24, 2.45) is 5.73 Å². The Labute approximate surface area is 157 Å². The molecule has 4 atom stereocenters. The summed E-state index contributed by atoms with van der Waals surface area (Å²) < 4.78 is 19.8. The van der Waals surface area contributed by atoms with Crippen LogP contribution in [0.15, 0.2) is 12.7 Å². The van der Waals surface area contributed by atoms with Crippen LogP contribution in [0.2, 0.25) is 0 Å². The molecule has 2 aromatic heterocycles. The number of fused-ring (bicyclic) bond motifs is 2. The molecule has 0 amide bonds. The Morgan fingerprint density at radius 2 is 2.04 bits per heavy atom. The molecule has 2 aromatic rings. The van der Waals surface area contributed by atoms with E-state index in [0.717, 1.165) is 19.4 Å². The molecule has 2 saturated heterocycles. The van der Waals surface area contributed by atoms with Crippen molar-refractivity contribution in [3.63, 3.8) is 0 Å². The van der Waals surface area contributed by atoms with Gasteiger partial charge in [0.05, 0.1) is 12.9 Å². The zero-order chi connectivity index (χ0) is 19.0. The van der Waals surface area contributed by atoms with Gasteiger partial charge in [-0.2, -0.15) is 0 Å². The van der Waals surface area contributed by atoms with E-state index in [1.165, 1.54) is 6.33 Å². The Kier molecular flexibility index (Phi) is 4.99. The van der Waals surface area contributed by atoms with Crippen LogP contribution in [0.5, 0.6) is 0 Å². The first kappa shape index (κ1) is 18.5. The molecule has 4 heterocycles. The van der Waals surface area contributed by atoms with Gasteiger partial charge in [-0.15, -0.1) is 0 Å². The monoisotopic (exact) mass is 378 g/mol. The summed E-state index contributed by atoms with van der Waals surface area (Å²) in [4.78, 5) is 13.2. The van der Waals surface area contributed by atoms with Crippen molar-refractivity contribution in [3.8, 4) is 0 Å². The molecule has 148 valence electrons. The van der Waals surface area contributed by atoms with Crippen molar-refractivity contribution in [2.45, 2.75) is 57.0 Å². The highest BCUT2D eigenvalue weighted by Gasteiger charge is 2.55. The molecule has 10 nitrogen and oxygen atoms in total. The molecule has 27 heavy (non-hydrogen) atoms. The maximum absolute atomic E-state index is 9.67. The number of ether oxygens (including phenoxy) is 3. The van der Waals surface area contributed by atoms with Crippen molar-refractivity contribution in [3.05, 3.63) is 12.7 Å². The number of nitrogens with zero attached hydrogens (tertiary/aromatic N) is 4. The quantitative estimate of drug-likeness (QED) is 0.586. The summed E-state index contributed by atoms with van der Waals surface area (Å²) in [6.45, 7) is 5.00. The number of unbranched alkanes of at least 4 members (excludes halogenated alkanes) is 1. The molecule has 4 rings (SSSR count). The summed E-state index contributed by atoms with van der Waals surface area (Å²) >= 11 is 0. The Morgan fingerprint density at radius 3 is 2.81 bits per heavy atom. The van der Waals surface area contributed by atoms with Gasteiger partial charge in [0, 0.05) is 6.54 Å². The third kappa shape index (κ3) is 3.39. The molecule has 10 heteroatoms. The highest BCUT2D eigenvalue weighted by atomic mass is 16.8. The van der Waals surface area contributed by atoms with E-state index in [-0.39, 0.29) is 18.8 Å². The molecule has 0 radical (unpaired) electrons. The van der Waals surface area contributed by atoms with Crippen LogP contribution in [0, 0.1) is 0 Å². The molecule has 0 spiro atoms. The lowest BCUT2D eigenvalue weighted by Gasteiger charge is -2.24. The molecule has 0 aromatic carbocycles. The van der Waals surface area contributed by atoms with E-state index in [0.29, 0.717) is 23.5 Å². The largest absolute Gasteiger partial charge is 0.394 e. The second-order valence-electron chi connectivity index (χ2n) is 7.28. The highest BCUT2D eigenvalue weighted by Crippen LogP contribution is 2.43. The first-order chi connectivity index (χ1) is 13.0. The molecular weight excluding hydrogens is 352 g/mol. The Balaban J connectivity index is 1.61. The van der Waals surface area contributed by atoms with Crippen molar-refractivity contribution < 1.29 is 19.3 Å². The zero-order valence-corrected chi connectivity index (χ0v) is 15.5. The number of hydrogen-bond acceptors (Lipinski definition) is 9. The van der Waals surface area contributed by atoms with Gasteiger partial charge in [0.1, 0.15) is 24.6 Å². The van der Waals surface area contributed by atoms with E-state index in [9.17, 15) is 5.11 Å². The molecular formula is C17H26N6O4. The molecule has 4 N–H and O–H groups in total. The third-order valence-electron chi connectivity index (χ3n) is 4.86. The Hall–Kier alpha value is -1.85. The standard InChI is InChI=1S/C17H26N6O4/c1-17(2)26-12-10(7-24)25-16(13(12)27-17)23-9-22-11-14(19-6-4-3-5-18)20-8-21-15(11)23/h8-10,12-13,16,24H,3-7,18H2,1-2H3,(H,19,20,21)/t10-,12?,13+,16-/m1/s1. The van der Waals surface area contributed by atoms with Gasteiger partial charge < -0.3 is 30.4 Å². The number of nitrogens with two attached hydrogens (primary N) is 1. The summed E-state index contributed by atoms with van der Waals surface area (Å²) in [6, 6.07) is 0. The average molecular weight is 378 g/mol. The molecule has 0 bridgehead atoms. The maximum atomic E-state index is 9.67. The number of imidazole rings is 1. The van der Waals surface area contributed by atoms with E-state index in [1.807, 2.05) is 18.4 Å². The van der Waals surface area contributed by atoms with Crippen molar-refractivity contribution in [2.75, 3.05) is 25.0 Å². The van der Waals surface area contributed by atoms with Crippen LogP contribution in [0.1, 0.15) is 32.9 Å². The smallest absolute Gasteiger partial charge is 0.167 e. The van der Waals surface area contributed by atoms with E-state index in [1.54, 1.807) is 6.33 Å². The third-order valence-corrected chi connectivity index (χ3v) is 4.86. The van der Waals surface area contributed by atoms with Crippen LogP contribution in [-0.4, -0.2) is 68.4 Å². The highest BCUT2D eigenvalue weighted by molar-refractivity contribution is 5.82. The maximum Gasteiger partial charge on any atom is 0.167 e. The first-order valence-corrected chi connectivity index (χ1v) is 9.27. The molecule has 2 aliphatic rings. The van der Waals surface area contributed by atoms with Crippen LogP contribution in [0.25, 0.3) is 11.2 Å². The molecule has 2 fully saturated rings. The fraction of sp³-hybridized carbons (Fsp3) is 0.706. The van der Waals surface area contributed by atoms with Gasteiger partial charge in [-0.1, -0.05) is 0 Å². The summed E-state index contributed by atoms with van der Waals surface area (Å²) in [6.07, 6.45) is 3.42. The predicted octanol–water partition coefficient (Wildman–Crippen LogP) is 0.387. The summed E-state index contributed by atoms with van der Waals surface area (Å²) in [7, 11) is 0. The number of anilines is 1. The van der Waals surface area contributed by atoms with Gasteiger partial charge in [-0.25, -0.2) is 15.0 Å². The van der Waals surface area contributed by atoms with Gasteiger partial charge in [0.25, 0.3) is 0 Å². The topological polar surface area (TPSA) is 130 Å². The lowest BCUT2D eigenvalue weighted by Crippen LogP contribution is -2.31. The van der Waals surface area contributed by atoms with Crippen LogP contribution >= 0.6 is 0 Å². The van der Waals surface area contributed by atoms with Crippen molar-refractivity contribution in [1.82, 2.24) is 19.5 Å². The summed E-state index contributed by atoms with van der Waals surface area (Å²) in [5, 5.41) is 13.0. The number of nitrogens with one attached hydrogen (secondary N) is 1.